The van der Waals surface area contributed by atoms with Crippen LogP contribution in [-0.2, 0) is 27.4 Å². The van der Waals surface area contributed by atoms with Crippen LogP contribution in [0.1, 0.15) is 50.3 Å². The van der Waals surface area contributed by atoms with Gasteiger partial charge in [0.25, 0.3) is 0 Å². The van der Waals surface area contributed by atoms with Gasteiger partial charge in [0.2, 0.25) is 0 Å². The van der Waals surface area contributed by atoms with Gasteiger partial charge in [0.15, 0.2) is 0 Å². The lowest BCUT2D eigenvalue weighted by molar-refractivity contribution is -0.239. The predicted molar refractivity (Wildman–Crippen MR) is 124 cm³/mol. The molecule has 0 spiro atoms. The Morgan fingerprint density at radius 1 is 1.12 bits per heavy atom. The predicted octanol–water partition coefficient (Wildman–Crippen LogP) is 4.68. The smallest absolute Gasteiger partial charge is 0.411 e. The Kier molecular flexibility index (Phi) is 6.45. The van der Waals surface area contributed by atoms with Crippen LogP contribution in [-0.4, -0.2) is 52.5 Å². The Balaban J connectivity index is 1.51. The van der Waals surface area contributed by atoms with Crippen LogP contribution in [0.4, 0.5) is 4.79 Å². The molecule has 2 aromatic rings. The number of piperidine rings is 1. The number of hydrogen-bond acceptors (Lipinski definition) is 5. The standard InChI is InChI=1S/C26H32N2O5/c1-26(2,3)33-25(31)27(4)23-15-18(24(29)30)12-13-28(23)32-16-19-9-7-11-21-20-10-6-5-8-17(20)14-22(19)21/h5-11,18,23H,12-16H2,1-4H3,(H,29,30). The lowest BCUT2D eigenvalue weighted by atomic mass is 9.95. The molecule has 33 heavy (non-hydrogen) atoms. The van der Waals surface area contributed by atoms with E-state index < -0.39 is 29.7 Å². The van der Waals surface area contributed by atoms with Crippen LogP contribution in [0.5, 0.6) is 0 Å². The fourth-order valence-corrected chi connectivity index (χ4v) is 4.61. The Labute approximate surface area is 194 Å². The van der Waals surface area contributed by atoms with Gasteiger partial charge in [0.1, 0.15) is 11.8 Å². The third kappa shape index (κ3) is 5.04. The summed E-state index contributed by atoms with van der Waals surface area (Å²) in [4.78, 5) is 32.0. The number of hydrogen-bond donors (Lipinski definition) is 1. The SMILES string of the molecule is CN(C(=O)OC(C)(C)C)C1CC(C(=O)O)CCN1OCc1cccc2c1Cc1ccccc1-2. The average Bonchev–Trinajstić information content (AvgIpc) is 3.15. The molecule has 1 amide bonds. The van der Waals surface area contributed by atoms with Crippen molar-refractivity contribution in [1.29, 1.82) is 0 Å². The maximum absolute atomic E-state index is 12.7. The maximum atomic E-state index is 12.7. The van der Waals surface area contributed by atoms with Crippen LogP contribution in [0.3, 0.4) is 0 Å². The van der Waals surface area contributed by atoms with E-state index in [0.717, 1.165) is 12.0 Å². The van der Waals surface area contributed by atoms with Crippen molar-refractivity contribution in [3.63, 3.8) is 0 Å². The highest BCUT2D eigenvalue weighted by Crippen LogP contribution is 2.38. The second-order valence-corrected chi connectivity index (χ2v) is 9.82. The molecule has 176 valence electrons. The van der Waals surface area contributed by atoms with E-state index in [1.807, 2.05) is 26.8 Å². The molecule has 1 saturated heterocycles. The van der Waals surface area contributed by atoms with Gasteiger partial charge in [-0.15, -0.1) is 0 Å². The maximum Gasteiger partial charge on any atom is 0.411 e. The van der Waals surface area contributed by atoms with Crippen molar-refractivity contribution in [2.45, 2.75) is 58.4 Å². The molecule has 0 saturated carbocycles. The first-order chi connectivity index (χ1) is 15.6. The summed E-state index contributed by atoms with van der Waals surface area (Å²) in [7, 11) is 1.64. The molecule has 0 radical (unpaired) electrons. The number of ether oxygens (including phenoxy) is 1. The number of fused-ring (bicyclic) bond motifs is 3. The molecular formula is C26H32N2O5. The summed E-state index contributed by atoms with van der Waals surface area (Å²) in [5.41, 5.74) is 5.53. The number of rotatable bonds is 5. The fourth-order valence-electron chi connectivity index (χ4n) is 4.61. The number of carboxylic acid groups (broad SMARTS) is 1. The molecule has 2 atom stereocenters. The van der Waals surface area contributed by atoms with E-state index in [1.54, 1.807) is 12.1 Å². The monoisotopic (exact) mass is 452 g/mol. The number of nitrogens with zero attached hydrogens (tertiary/aromatic N) is 2. The minimum Gasteiger partial charge on any atom is -0.481 e. The van der Waals surface area contributed by atoms with E-state index in [9.17, 15) is 14.7 Å². The van der Waals surface area contributed by atoms with E-state index in [0.29, 0.717) is 19.6 Å². The summed E-state index contributed by atoms with van der Waals surface area (Å²) < 4.78 is 5.51. The van der Waals surface area contributed by atoms with Crippen LogP contribution in [0, 0.1) is 5.92 Å². The Bertz CT molecular complexity index is 1050. The third-order valence-electron chi connectivity index (χ3n) is 6.34. The van der Waals surface area contributed by atoms with Crippen molar-refractivity contribution in [3.05, 3.63) is 59.2 Å². The average molecular weight is 453 g/mol. The third-order valence-corrected chi connectivity index (χ3v) is 6.34. The number of amides is 1. The van der Waals surface area contributed by atoms with Gasteiger partial charge in [-0.2, -0.15) is 5.06 Å². The summed E-state index contributed by atoms with van der Waals surface area (Å²) in [6, 6.07) is 14.7. The molecule has 4 rings (SSSR count). The number of carbonyl (C=O) groups is 2. The fraction of sp³-hybridized carbons (Fsp3) is 0.462. The molecule has 7 heteroatoms. The van der Waals surface area contributed by atoms with Crippen LogP contribution < -0.4 is 0 Å². The molecule has 0 bridgehead atoms. The van der Waals surface area contributed by atoms with Crippen LogP contribution >= 0.6 is 0 Å². The van der Waals surface area contributed by atoms with Gasteiger partial charge < -0.3 is 9.84 Å². The van der Waals surface area contributed by atoms with Gasteiger partial charge in [0, 0.05) is 13.6 Å². The van der Waals surface area contributed by atoms with Gasteiger partial charge in [-0.1, -0.05) is 42.5 Å². The first kappa shape index (κ1) is 23.3. The van der Waals surface area contributed by atoms with E-state index >= 15 is 0 Å². The minimum atomic E-state index is -0.851. The number of benzene rings is 2. The zero-order valence-corrected chi connectivity index (χ0v) is 19.7. The molecular weight excluding hydrogens is 420 g/mol. The van der Waals surface area contributed by atoms with Gasteiger partial charge in [-0.3, -0.25) is 14.5 Å². The summed E-state index contributed by atoms with van der Waals surface area (Å²) in [6.45, 7) is 6.20. The summed E-state index contributed by atoms with van der Waals surface area (Å²) in [6.07, 6.45) is 0.593. The van der Waals surface area contributed by atoms with Gasteiger partial charge in [0.05, 0.1) is 12.5 Å². The number of hydroxylamine groups is 2. The highest BCUT2D eigenvalue weighted by molar-refractivity contribution is 5.77. The van der Waals surface area contributed by atoms with E-state index in [2.05, 4.69) is 36.4 Å². The summed E-state index contributed by atoms with van der Waals surface area (Å²) in [5, 5.41) is 11.3. The number of carbonyl (C=O) groups excluding carboxylic acids is 1. The molecule has 1 heterocycles. The molecule has 2 aliphatic rings. The summed E-state index contributed by atoms with van der Waals surface area (Å²) in [5.74, 6) is -1.38. The Morgan fingerprint density at radius 2 is 1.85 bits per heavy atom. The van der Waals surface area contributed by atoms with Crippen molar-refractivity contribution in [3.8, 4) is 11.1 Å². The largest absolute Gasteiger partial charge is 0.481 e. The molecule has 1 N–H and O–H groups in total. The normalized spacial score (nSPS) is 20.1. The van der Waals surface area contributed by atoms with Crippen LogP contribution in [0.25, 0.3) is 11.1 Å². The molecule has 1 fully saturated rings. The van der Waals surface area contributed by atoms with Crippen molar-refractivity contribution in [2.24, 2.45) is 5.92 Å². The second-order valence-electron chi connectivity index (χ2n) is 9.82. The first-order valence-corrected chi connectivity index (χ1v) is 11.4. The van der Waals surface area contributed by atoms with E-state index in [4.69, 9.17) is 9.57 Å². The Hall–Kier alpha value is -2.90. The molecule has 1 aliphatic heterocycles. The molecule has 7 nitrogen and oxygen atoms in total. The topological polar surface area (TPSA) is 79.3 Å². The minimum absolute atomic E-state index is 0.281. The van der Waals surface area contributed by atoms with Gasteiger partial charge >= 0.3 is 12.1 Å². The van der Waals surface area contributed by atoms with Gasteiger partial charge in [-0.05, 0) is 67.9 Å². The zero-order chi connectivity index (χ0) is 23.8. The summed E-state index contributed by atoms with van der Waals surface area (Å²) >= 11 is 0. The van der Waals surface area contributed by atoms with Crippen LogP contribution in [0.15, 0.2) is 42.5 Å². The van der Waals surface area contributed by atoms with Crippen molar-refractivity contribution in [1.82, 2.24) is 9.96 Å². The zero-order valence-electron chi connectivity index (χ0n) is 19.7. The lowest BCUT2D eigenvalue weighted by Gasteiger charge is -2.41. The quantitative estimate of drug-likeness (QED) is 0.606. The number of carboxylic acids is 1. The van der Waals surface area contributed by atoms with Crippen LogP contribution in [0.2, 0.25) is 0 Å². The lowest BCUT2D eigenvalue weighted by Crippen LogP contribution is -2.54. The first-order valence-electron chi connectivity index (χ1n) is 11.4. The molecule has 1 aliphatic carbocycles. The van der Waals surface area contributed by atoms with Crippen molar-refractivity contribution in [2.75, 3.05) is 13.6 Å². The second kappa shape index (κ2) is 9.15. The molecule has 2 aromatic carbocycles. The number of aliphatic carboxylic acids is 1. The Morgan fingerprint density at radius 3 is 2.58 bits per heavy atom. The molecule has 2 unspecified atom stereocenters. The molecule has 0 aromatic heterocycles. The van der Waals surface area contributed by atoms with E-state index in [-0.39, 0.29) is 6.42 Å². The van der Waals surface area contributed by atoms with Gasteiger partial charge in [-0.25, -0.2) is 4.79 Å². The van der Waals surface area contributed by atoms with E-state index in [1.165, 1.54) is 27.2 Å². The highest BCUT2D eigenvalue weighted by atomic mass is 16.7. The van der Waals surface area contributed by atoms with Crippen molar-refractivity contribution >= 4 is 12.1 Å². The van der Waals surface area contributed by atoms with Crippen molar-refractivity contribution < 1.29 is 24.3 Å². The highest BCUT2D eigenvalue weighted by Gasteiger charge is 2.38.